The first-order chi connectivity index (χ1) is 6.24. The van der Waals surface area contributed by atoms with Gasteiger partial charge in [0.1, 0.15) is 5.75 Å². The quantitative estimate of drug-likeness (QED) is 0.741. The smallest absolute Gasteiger partial charge is 0.129 e. The van der Waals surface area contributed by atoms with Crippen LogP contribution >= 0.6 is 11.8 Å². The number of phenolic OH excluding ortho intramolecular Hbond substituents is 1. The second-order valence-electron chi connectivity index (χ2n) is 3.18. The lowest BCUT2D eigenvalue weighted by atomic mass is 10.3. The van der Waals surface area contributed by atoms with Crippen molar-refractivity contribution in [2.24, 2.45) is 0 Å². The molecule has 0 aliphatic heterocycles. The third-order valence-electron chi connectivity index (χ3n) is 1.89. The Bertz CT molecular complexity index is 260. The van der Waals surface area contributed by atoms with Gasteiger partial charge in [-0.2, -0.15) is 0 Å². The van der Waals surface area contributed by atoms with Gasteiger partial charge in [0.15, 0.2) is 0 Å². The number of para-hydroxylation sites is 1. The minimum absolute atomic E-state index is 0.399. The van der Waals surface area contributed by atoms with Crippen molar-refractivity contribution < 1.29 is 5.11 Å². The number of benzene rings is 1. The van der Waals surface area contributed by atoms with Crippen LogP contribution < -0.4 is 0 Å². The first kappa shape index (κ1) is 10.5. The van der Waals surface area contributed by atoms with Crippen LogP contribution in [-0.4, -0.2) is 10.4 Å². The van der Waals surface area contributed by atoms with Crippen LogP contribution in [0.2, 0.25) is 0 Å². The zero-order valence-corrected chi connectivity index (χ0v) is 8.97. The van der Waals surface area contributed by atoms with Gasteiger partial charge >= 0.3 is 0 Å². The largest absolute Gasteiger partial charge is 0.507 e. The van der Waals surface area contributed by atoms with E-state index in [0.717, 1.165) is 4.90 Å². The van der Waals surface area contributed by atoms with Gasteiger partial charge in [0.25, 0.3) is 0 Å². The van der Waals surface area contributed by atoms with Crippen molar-refractivity contribution in [3.8, 4) is 5.75 Å². The van der Waals surface area contributed by atoms with Crippen molar-refractivity contribution in [3.63, 3.8) is 0 Å². The van der Waals surface area contributed by atoms with E-state index in [2.05, 4.69) is 13.8 Å². The maximum atomic E-state index is 9.51. The lowest BCUT2D eigenvalue weighted by Gasteiger charge is -2.10. The average molecular weight is 196 g/mol. The second-order valence-corrected chi connectivity index (χ2v) is 4.67. The number of hydrogen-bond acceptors (Lipinski definition) is 2. The van der Waals surface area contributed by atoms with Gasteiger partial charge in [-0.15, -0.1) is 11.8 Å². The molecule has 0 amide bonds. The van der Waals surface area contributed by atoms with Crippen molar-refractivity contribution >= 4 is 11.8 Å². The first-order valence-corrected chi connectivity index (χ1v) is 5.56. The van der Waals surface area contributed by atoms with Crippen molar-refractivity contribution in [2.75, 3.05) is 0 Å². The Morgan fingerprint density at radius 3 is 2.69 bits per heavy atom. The lowest BCUT2D eigenvalue weighted by Crippen LogP contribution is -1.93. The zero-order chi connectivity index (χ0) is 9.68. The van der Waals surface area contributed by atoms with Gasteiger partial charge in [-0.3, -0.25) is 0 Å². The molecular weight excluding hydrogens is 180 g/mol. The molecule has 0 saturated carbocycles. The lowest BCUT2D eigenvalue weighted by molar-refractivity contribution is 0.462. The summed E-state index contributed by atoms with van der Waals surface area (Å²) in [6.45, 7) is 4.38. The molecule has 0 fully saturated rings. The molecule has 1 atom stereocenters. The maximum Gasteiger partial charge on any atom is 0.129 e. The van der Waals surface area contributed by atoms with Crippen LogP contribution in [0.25, 0.3) is 0 Å². The van der Waals surface area contributed by atoms with E-state index < -0.39 is 0 Å². The number of thioether (sulfide) groups is 1. The number of rotatable bonds is 4. The Labute approximate surface area is 84.2 Å². The second kappa shape index (κ2) is 5.18. The van der Waals surface area contributed by atoms with E-state index in [9.17, 15) is 5.11 Å². The average Bonchev–Trinajstić information content (AvgIpc) is 2.09. The number of aromatic hydroxyl groups is 1. The van der Waals surface area contributed by atoms with Gasteiger partial charge in [-0.05, 0) is 18.6 Å². The summed E-state index contributed by atoms with van der Waals surface area (Å²) < 4.78 is 0. The normalized spacial score (nSPS) is 12.8. The summed E-state index contributed by atoms with van der Waals surface area (Å²) >= 11 is 1.74. The van der Waals surface area contributed by atoms with Crippen LogP contribution in [-0.2, 0) is 0 Å². The molecule has 1 aromatic rings. The van der Waals surface area contributed by atoms with Crippen molar-refractivity contribution in [1.82, 2.24) is 0 Å². The van der Waals surface area contributed by atoms with E-state index in [1.165, 1.54) is 12.8 Å². The predicted molar refractivity (Wildman–Crippen MR) is 58.3 cm³/mol. The molecule has 72 valence electrons. The summed E-state index contributed by atoms with van der Waals surface area (Å²) in [5, 5.41) is 10.1. The topological polar surface area (TPSA) is 20.2 Å². The Morgan fingerprint density at radius 2 is 2.08 bits per heavy atom. The fourth-order valence-corrected chi connectivity index (χ4v) is 2.37. The molecule has 0 aliphatic carbocycles. The van der Waals surface area contributed by atoms with Gasteiger partial charge < -0.3 is 5.11 Å². The summed E-state index contributed by atoms with van der Waals surface area (Å²) in [5.41, 5.74) is 0. The highest BCUT2D eigenvalue weighted by Crippen LogP contribution is 2.32. The molecule has 0 spiro atoms. The Morgan fingerprint density at radius 1 is 1.38 bits per heavy atom. The molecule has 1 nitrogen and oxygen atoms in total. The minimum atomic E-state index is 0.399. The first-order valence-electron chi connectivity index (χ1n) is 4.68. The van der Waals surface area contributed by atoms with Gasteiger partial charge in [0.2, 0.25) is 0 Å². The van der Waals surface area contributed by atoms with Gasteiger partial charge in [0.05, 0.1) is 0 Å². The minimum Gasteiger partial charge on any atom is -0.507 e. The zero-order valence-electron chi connectivity index (χ0n) is 8.16. The standard InChI is InChI=1S/C11H16OS/c1-3-6-9(2)13-11-8-5-4-7-10(11)12/h4-5,7-9,12H,3,6H2,1-2H3. The number of hydrogen-bond donors (Lipinski definition) is 1. The van der Waals surface area contributed by atoms with Crippen LogP contribution in [0.5, 0.6) is 5.75 Å². The molecule has 1 N–H and O–H groups in total. The molecule has 0 saturated heterocycles. The van der Waals surface area contributed by atoms with Crippen LogP contribution in [0.4, 0.5) is 0 Å². The van der Waals surface area contributed by atoms with E-state index in [-0.39, 0.29) is 0 Å². The fourth-order valence-electron chi connectivity index (χ4n) is 1.24. The highest BCUT2D eigenvalue weighted by atomic mass is 32.2. The third-order valence-corrected chi connectivity index (χ3v) is 3.13. The summed E-state index contributed by atoms with van der Waals surface area (Å²) in [7, 11) is 0. The molecule has 0 heterocycles. The molecule has 13 heavy (non-hydrogen) atoms. The Hall–Kier alpha value is -0.630. The Kier molecular flexibility index (Phi) is 4.16. The predicted octanol–water partition coefficient (Wildman–Crippen LogP) is 3.67. The molecule has 0 aliphatic rings. The fraction of sp³-hybridized carbons (Fsp3) is 0.455. The molecule has 0 bridgehead atoms. The summed E-state index contributed by atoms with van der Waals surface area (Å²) in [5.74, 6) is 0.399. The van der Waals surface area contributed by atoms with E-state index in [1.54, 1.807) is 17.8 Å². The summed E-state index contributed by atoms with van der Waals surface area (Å²) in [6.07, 6.45) is 2.39. The molecule has 1 rings (SSSR count). The van der Waals surface area contributed by atoms with Gasteiger partial charge in [-0.1, -0.05) is 32.4 Å². The summed E-state index contributed by atoms with van der Waals surface area (Å²) in [6, 6.07) is 7.51. The Balaban J connectivity index is 2.58. The summed E-state index contributed by atoms with van der Waals surface area (Å²) in [4.78, 5) is 0.989. The van der Waals surface area contributed by atoms with Crippen LogP contribution in [0.3, 0.4) is 0 Å². The monoisotopic (exact) mass is 196 g/mol. The highest BCUT2D eigenvalue weighted by Gasteiger charge is 2.05. The third kappa shape index (κ3) is 3.31. The van der Waals surface area contributed by atoms with Crippen LogP contribution in [0.1, 0.15) is 26.7 Å². The van der Waals surface area contributed by atoms with Crippen LogP contribution in [0, 0.1) is 0 Å². The van der Waals surface area contributed by atoms with Gasteiger partial charge in [-0.25, -0.2) is 0 Å². The molecule has 1 unspecified atom stereocenters. The maximum absolute atomic E-state index is 9.51. The van der Waals surface area contributed by atoms with Crippen LogP contribution in [0.15, 0.2) is 29.2 Å². The van der Waals surface area contributed by atoms with E-state index >= 15 is 0 Å². The molecular formula is C11H16OS. The molecule has 0 aromatic heterocycles. The highest BCUT2D eigenvalue weighted by molar-refractivity contribution is 8.00. The number of phenols is 1. The van der Waals surface area contributed by atoms with E-state index in [1.807, 2.05) is 18.2 Å². The van der Waals surface area contributed by atoms with Gasteiger partial charge in [0, 0.05) is 10.1 Å². The van der Waals surface area contributed by atoms with Crippen molar-refractivity contribution in [3.05, 3.63) is 24.3 Å². The van der Waals surface area contributed by atoms with Crippen molar-refractivity contribution in [1.29, 1.82) is 0 Å². The van der Waals surface area contributed by atoms with E-state index in [0.29, 0.717) is 11.0 Å². The SMILES string of the molecule is CCCC(C)Sc1ccccc1O. The molecule has 1 aromatic carbocycles. The van der Waals surface area contributed by atoms with Crippen molar-refractivity contribution in [2.45, 2.75) is 36.8 Å². The molecule has 2 heteroatoms. The molecule has 0 radical (unpaired) electrons. The van der Waals surface area contributed by atoms with E-state index in [4.69, 9.17) is 0 Å².